The van der Waals surface area contributed by atoms with E-state index in [0.717, 1.165) is 38.7 Å². The van der Waals surface area contributed by atoms with Gasteiger partial charge in [0.2, 0.25) is 0 Å². The minimum absolute atomic E-state index is 0. The fourth-order valence-electron chi connectivity index (χ4n) is 4.66. The zero-order valence-electron chi connectivity index (χ0n) is 23.2. The van der Waals surface area contributed by atoms with Crippen molar-refractivity contribution < 1.29 is 20.1 Å². The maximum atomic E-state index is 4.78. The van der Waals surface area contributed by atoms with Gasteiger partial charge in [0.05, 0.1) is 5.52 Å². The molecule has 0 atom stereocenters. The van der Waals surface area contributed by atoms with Crippen molar-refractivity contribution >= 4 is 27.8 Å². The molecule has 0 saturated heterocycles. The van der Waals surface area contributed by atoms with Crippen molar-refractivity contribution in [2.45, 2.75) is 6.92 Å². The molecular weight excluding hydrogens is 687 g/mol. The zero-order chi connectivity index (χ0) is 27.9. The first-order valence-corrected chi connectivity index (χ1v) is 13.7. The van der Waals surface area contributed by atoms with E-state index in [1.165, 1.54) is 22.1 Å². The molecular formula is C40H28IrN. The number of hydrogen-bond donors (Lipinski definition) is 0. The van der Waals surface area contributed by atoms with Crippen LogP contribution in [0.2, 0.25) is 0 Å². The van der Waals surface area contributed by atoms with Gasteiger partial charge in [0.25, 0.3) is 0 Å². The SMILES string of the molecule is Cc1c[c-]c(-c2ccc3cc(-c4ccccc4)ccc3n2)cc1.[C-](=Cc1[c-]c2ccccc2cc1)c1ccccc1.[Ir+3]. The van der Waals surface area contributed by atoms with Crippen molar-refractivity contribution in [2.75, 3.05) is 0 Å². The van der Waals surface area contributed by atoms with E-state index >= 15 is 0 Å². The van der Waals surface area contributed by atoms with Gasteiger partial charge in [-0.15, -0.1) is 77.2 Å². The van der Waals surface area contributed by atoms with Crippen LogP contribution in [0.3, 0.4) is 0 Å². The Morgan fingerprint density at radius 2 is 1.38 bits per heavy atom. The van der Waals surface area contributed by atoms with Crippen LogP contribution in [0.4, 0.5) is 0 Å². The van der Waals surface area contributed by atoms with Crippen LogP contribution in [0, 0.1) is 25.1 Å². The minimum atomic E-state index is 0. The summed E-state index contributed by atoms with van der Waals surface area (Å²) < 4.78 is 0. The Bertz CT molecular complexity index is 1930. The fourth-order valence-corrected chi connectivity index (χ4v) is 4.66. The Hall–Kier alpha value is -4.62. The van der Waals surface area contributed by atoms with E-state index in [9.17, 15) is 0 Å². The molecule has 1 aromatic heterocycles. The number of nitrogens with zero attached hydrogens (tertiary/aromatic N) is 1. The van der Waals surface area contributed by atoms with Gasteiger partial charge in [-0.2, -0.15) is 29.3 Å². The first-order chi connectivity index (χ1) is 20.2. The quantitative estimate of drug-likeness (QED) is 0.131. The molecule has 0 radical (unpaired) electrons. The fraction of sp³-hybridized carbons (Fsp3) is 0.0250. The van der Waals surface area contributed by atoms with E-state index in [1.54, 1.807) is 0 Å². The third-order valence-electron chi connectivity index (χ3n) is 6.89. The number of rotatable bonds is 4. The number of hydrogen-bond acceptors (Lipinski definition) is 1. The van der Waals surface area contributed by atoms with Crippen LogP contribution in [0.25, 0.3) is 50.1 Å². The van der Waals surface area contributed by atoms with Gasteiger partial charge in [-0.3, -0.25) is 4.98 Å². The molecule has 1 nitrogen and oxygen atoms in total. The van der Waals surface area contributed by atoms with Crippen molar-refractivity contribution in [3.63, 3.8) is 0 Å². The Morgan fingerprint density at radius 1 is 0.643 bits per heavy atom. The third-order valence-corrected chi connectivity index (χ3v) is 6.89. The van der Waals surface area contributed by atoms with Crippen molar-refractivity contribution in [1.82, 2.24) is 4.98 Å². The average molecular weight is 715 g/mol. The van der Waals surface area contributed by atoms with Gasteiger partial charge in [0.1, 0.15) is 0 Å². The van der Waals surface area contributed by atoms with Crippen LogP contribution in [-0.4, -0.2) is 4.98 Å². The van der Waals surface area contributed by atoms with Gasteiger partial charge in [0.15, 0.2) is 0 Å². The number of aryl methyl sites for hydroxylation is 1. The van der Waals surface area contributed by atoms with Crippen LogP contribution in [0.15, 0.2) is 146 Å². The standard InChI is InChI=1S/C22H16N.C18H12.Ir/c1-16-7-9-18(10-8-16)21-14-12-20-15-19(11-13-22(20)23-21)17-5-3-2-4-6-17;1-2-6-15(7-3-1)10-11-16-12-13-17-8-4-5-9-18(17)14-16;/h2-9,11-15H,1H3;1-9,11-13H;/q-1;-2;+3. The van der Waals surface area contributed by atoms with Crippen molar-refractivity contribution in [3.05, 3.63) is 180 Å². The van der Waals surface area contributed by atoms with E-state index in [4.69, 9.17) is 4.98 Å². The topological polar surface area (TPSA) is 12.9 Å². The summed E-state index contributed by atoms with van der Waals surface area (Å²) in [4.78, 5) is 4.78. The van der Waals surface area contributed by atoms with E-state index in [0.29, 0.717) is 0 Å². The maximum Gasteiger partial charge on any atom is 3.00 e. The Labute approximate surface area is 261 Å². The van der Waals surface area contributed by atoms with Crippen molar-refractivity contribution in [2.24, 2.45) is 0 Å². The molecule has 6 aromatic carbocycles. The summed E-state index contributed by atoms with van der Waals surface area (Å²) in [6, 6.07) is 56.4. The minimum Gasteiger partial charge on any atom is -0.296 e. The summed E-state index contributed by atoms with van der Waals surface area (Å²) >= 11 is 0. The number of aromatic nitrogens is 1. The summed E-state index contributed by atoms with van der Waals surface area (Å²) in [6.45, 7) is 2.07. The molecule has 0 N–H and O–H groups in total. The number of pyridine rings is 1. The Balaban J connectivity index is 0.000000169. The van der Waals surface area contributed by atoms with Crippen LogP contribution >= 0.6 is 0 Å². The molecule has 0 aliphatic heterocycles. The predicted molar refractivity (Wildman–Crippen MR) is 172 cm³/mol. The molecule has 0 saturated carbocycles. The van der Waals surface area contributed by atoms with Gasteiger partial charge in [0, 0.05) is 0 Å². The maximum absolute atomic E-state index is 4.78. The van der Waals surface area contributed by atoms with Crippen LogP contribution < -0.4 is 0 Å². The van der Waals surface area contributed by atoms with Crippen molar-refractivity contribution in [1.29, 1.82) is 0 Å². The molecule has 7 aromatic rings. The Morgan fingerprint density at radius 3 is 2.17 bits per heavy atom. The summed E-state index contributed by atoms with van der Waals surface area (Å²) in [5, 5.41) is 3.51. The second-order valence-electron chi connectivity index (χ2n) is 9.91. The largest absolute Gasteiger partial charge is 3.00 e. The van der Waals surface area contributed by atoms with Gasteiger partial charge < -0.3 is 0 Å². The predicted octanol–water partition coefficient (Wildman–Crippen LogP) is 10.2. The molecule has 202 valence electrons. The van der Waals surface area contributed by atoms with Crippen molar-refractivity contribution in [3.8, 4) is 22.4 Å². The molecule has 0 aliphatic carbocycles. The third kappa shape index (κ3) is 7.17. The van der Waals surface area contributed by atoms with E-state index in [1.807, 2.05) is 60.7 Å². The summed E-state index contributed by atoms with van der Waals surface area (Å²) in [5.41, 5.74) is 8.80. The van der Waals surface area contributed by atoms with Gasteiger partial charge in [-0.1, -0.05) is 85.1 Å². The van der Waals surface area contributed by atoms with E-state index < -0.39 is 0 Å². The molecule has 0 bridgehead atoms. The molecule has 7 rings (SSSR count). The summed E-state index contributed by atoms with van der Waals surface area (Å²) in [7, 11) is 0. The van der Waals surface area contributed by atoms with Crippen LogP contribution in [-0.2, 0) is 20.1 Å². The number of fused-ring (bicyclic) bond motifs is 2. The van der Waals surface area contributed by atoms with Gasteiger partial charge in [-0.25, -0.2) is 6.08 Å². The summed E-state index contributed by atoms with van der Waals surface area (Å²) in [6.07, 6.45) is 5.24. The smallest absolute Gasteiger partial charge is 0.296 e. The average Bonchev–Trinajstić information content (AvgIpc) is 3.05. The first kappa shape index (κ1) is 28.9. The molecule has 0 amide bonds. The van der Waals surface area contributed by atoms with E-state index in [-0.39, 0.29) is 20.1 Å². The van der Waals surface area contributed by atoms with Crippen LogP contribution in [0.5, 0.6) is 0 Å². The molecule has 0 unspecified atom stereocenters. The normalized spacial score (nSPS) is 10.7. The summed E-state index contributed by atoms with van der Waals surface area (Å²) in [5.74, 6) is 0. The second-order valence-corrected chi connectivity index (χ2v) is 9.91. The molecule has 2 heteroatoms. The van der Waals surface area contributed by atoms with Gasteiger partial charge >= 0.3 is 20.1 Å². The Kier molecular flexibility index (Phi) is 9.51. The van der Waals surface area contributed by atoms with Gasteiger partial charge in [-0.05, 0) is 34.3 Å². The monoisotopic (exact) mass is 715 g/mol. The zero-order valence-corrected chi connectivity index (χ0v) is 25.6. The van der Waals surface area contributed by atoms with Crippen LogP contribution in [0.1, 0.15) is 16.7 Å². The second kappa shape index (κ2) is 13.8. The molecule has 0 fully saturated rings. The molecule has 1 heterocycles. The molecule has 42 heavy (non-hydrogen) atoms. The molecule has 0 aliphatic rings. The molecule has 0 spiro atoms. The number of benzene rings is 6. The first-order valence-electron chi connectivity index (χ1n) is 13.7. The van der Waals surface area contributed by atoms with E-state index in [2.05, 4.69) is 116 Å².